The van der Waals surface area contributed by atoms with Gasteiger partial charge in [-0.3, -0.25) is 4.79 Å². The number of benzene rings is 2. The second kappa shape index (κ2) is 7.92. The number of sulfonamides is 1. The zero-order valence-electron chi connectivity index (χ0n) is 16.6. The summed E-state index contributed by atoms with van der Waals surface area (Å²) < 4.78 is 72.5. The van der Waals surface area contributed by atoms with Crippen LogP contribution in [0, 0.1) is 6.92 Å². The van der Waals surface area contributed by atoms with E-state index in [4.69, 9.17) is 4.74 Å². The van der Waals surface area contributed by atoms with Crippen molar-refractivity contribution in [2.75, 3.05) is 13.7 Å². The Labute approximate surface area is 172 Å². The van der Waals surface area contributed by atoms with E-state index in [1.54, 1.807) is 19.1 Å². The number of carbonyl (C=O) groups is 1. The second-order valence-electron chi connectivity index (χ2n) is 7.09. The predicted molar refractivity (Wildman–Crippen MR) is 103 cm³/mol. The third kappa shape index (κ3) is 4.01. The lowest BCUT2D eigenvalue weighted by Crippen LogP contribution is -2.45. The highest BCUT2D eigenvalue weighted by Gasteiger charge is 2.53. The molecule has 0 spiro atoms. The van der Waals surface area contributed by atoms with Gasteiger partial charge in [0.05, 0.1) is 12.0 Å². The highest BCUT2D eigenvalue weighted by atomic mass is 32.2. The third-order valence-corrected chi connectivity index (χ3v) is 6.81. The highest BCUT2D eigenvalue weighted by Crippen LogP contribution is 2.40. The summed E-state index contributed by atoms with van der Waals surface area (Å²) in [5.41, 5.74) is 1.07. The number of nitrogens with zero attached hydrogens (tertiary/aromatic N) is 2. The molecular weight excluding hydrogens is 421 g/mol. The molecule has 2 aromatic carbocycles. The van der Waals surface area contributed by atoms with E-state index in [2.05, 4.69) is 0 Å². The highest BCUT2D eigenvalue weighted by molar-refractivity contribution is 7.89. The van der Waals surface area contributed by atoms with Crippen molar-refractivity contribution in [2.24, 2.45) is 0 Å². The molecule has 0 bridgehead atoms. The van der Waals surface area contributed by atoms with Crippen molar-refractivity contribution in [3.63, 3.8) is 0 Å². The SMILES string of the molecule is COc1ccc([C@H]2N(C(=O)C(F)(F)F)[C@@H](C)CN2S(=O)(=O)c2ccc(C)cc2)cc1. The molecule has 2 aromatic rings. The summed E-state index contributed by atoms with van der Waals surface area (Å²) in [4.78, 5) is 12.7. The van der Waals surface area contributed by atoms with Crippen molar-refractivity contribution >= 4 is 15.9 Å². The molecule has 0 saturated carbocycles. The van der Waals surface area contributed by atoms with Crippen molar-refractivity contribution in [1.82, 2.24) is 9.21 Å². The number of alkyl halides is 3. The molecule has 1 heterocycles. The molecule has 1 fully saturated rings. The van der Waals surface area contributed by atoms with Gasteiger partial charge < -0.3 is 9.64 Å². The van der Waals surface area contributed by atoms with Crippen molar-refractivity contribution in [3.8, 4) is 5.75 Å². The molecule has 10 heteroatoms. The van der Waals surface area contributed by atoms with Gasteiger partial charge in [0.2, 0.25) is 10.0 Å². The van der Waals surface area contributed by atoms with Gasteiger partial charge in [0.15, 0.2) is 0 Å². The van der Waals surface area contributed by atoms with Crippen LogP contribution >= 0.6 is 0 Å². The summed E-state index contributed by atoms with van der Waals surface area (Å²) in [5.74, 6) is -1.64. The number of methoxy groups -OCH3 is 1. The van der Waals surface area contributed by atoms with Gasteiger partial charge in [0.1, 0.15) is 11.9 Å². The lowest BCUT2D eigenvalue weighted by molar-refractivity contribution is -0.189. The number of ether oxygens (including phenoxy) is 1. The van der Waals surface area contributed by atoms with Crippen LogP contribution in [0.1, 0.15) is 24.2 Å². The van der Waals surface area contributed by atoms with E-state index < -0.39 is 34.3 Å². The van der Waals surface area contributed by atoms with Crippen molar-refractivity contribution < 1.29 is 31.1 Å². The summed E-state index contributed by atoms with van der Waals surface area (Å²) in [6.07, 6.45) is -6.57. The standard InChI is InChI=1S/C20H21F3N2O4S/c1-13-4-10-17(11-5-13)30(27,28)24-12-14(2)25(19(26)20(21,22)23)18(24)15-6-8-16(29-3)9-7-15/h4-11,14,18H,12H2,1-3H3/t14-,18+/m0/s1. The molecule has 162 valence electrons. The summed E-state index contributed by atoms with van der Waals surface area (Å²) in [6.45, 7) is 2.91. The minimum atomic E-state index is -5.14. The van der Waals surface area contributed by atoms with Gasteiger partial charge in [-0.1, -0.05) is 29.8 Å². The number of hydrogen-bond donors (Lipinski definition) is 0. The number of carbonyl (C=O) groups excluding carboxylic acids is 1. The Bertz CT molecular complexity index is 1020. The van der Waals surface area contributed by atoms with Crippen LogP contribution in [0.2, 0.25) is 0 Å². The zero-order chi connectivity index (χ0) is 22.3. The van der Waals surface area contributed by atoms with Crippen LogP contribution in [-0.2, 0) is 14.8 Å². The monoisotopic (exact) mass is 442 g/mol. The Hall–Kier alpha value is -2.59. The number of amides is 1. The largest absolute Gasteiger partial charge is 0.497 e. The molecule has 0 unspecified atom stereocenters. The molecule has 2 atom stereocenters. The first-order valence-electron chi connectivity index (χ1n) is 9.08. The van der Waals surface area contributed by atoms with Gasteiger partial charge in [-0.15, -0.1) is 0 Å². The van der Waals surface area contributed by atoms with E-state index in [0.29, 0.717) is 10.6 Å². The van der Waals surface area contributed by atoms with Gasteiger partial charge >= 0.3 is 12.1 Å². The lowest BCUT2D eigenvalue weighted by Gasteiger charge is -2.32. The quantitative estimate of drug-likeness (QED) is 0.727. The average molecular weight is 442 g/mol. The van der Waals surface area contributed by atoms with Crippen LogP contribution in [-0.4, -0.2) is 49.4 Å². The number of halogens is 3. The normalized spacial score (nSPS) is 20.4. The first kappa shape index (κ1) is 22.1. The van der Waals surface area contributed by atoms with Gasteiger partial charge in [0.25, 0.3) is 0 Å². The predicted octanol–water partition coefficient (Wildman–Crippen LogP) is 3.49. The van der Waals surface area contributed by atoms with Crippen molar-refractivity contribution in [3.05, 3.63) is 59.7 Å². The van der Waals surface area contributed by atoms with E-state index in [9.17, 15) is 26.4 Å². The van der Waals surface area contributed by atoms with Crippen LogP contribution in [0.4, 0.5) is 13.2 Å². The molecule has 1 amide bonds. The Morgan fingerprint density at radius 3 is 2.13 bits per heavy atom. The summed E-state index contributed by atoms with van der Waals surface area (Å²) in [7, 11) is -2.74. The van der Waals surface area contributed by atoms with E-state index in [1.807, 2.05) is 0 Å². The minimum absolute atomic E-state index is 0.0554. The molecule has 1 saturated heterocycles. The van der Waals surface area contributed by atoms with Crippen molar-refractivity contribution in [1.29, 1.82) is 0 Å². The first-order chi connectivity index (χ1) is 14.0. The maximum absolute atomic E-state index is 13.3. The number of rotatable bonds is 4. The van der Waals surface area contributed by atoms with Crippen LogP contribution < -0.4 is 4.74 Å². The molecule has 6 nitrogen and oxygen atoms in total. The molecule has 1 aliphatic rings. The van der Waals surface area contributed by atoms with Gasteiger partial charge in [-0.25, -0.2) is 8.42 Å². The maximum Gasteiger partial charge on any atom is 0.471 e. The van der Waals surface area contributed by atoms with E-state index >= 15 is 0 Å². The third-order valence-electron chi connectivity index (χ3n) is 4.97. The van der Waals surface area contributed by atoms with E-state index in [0.717, 1.165) is 9.87 Å². The summed E-state index contributed by atoms with van der Waals surface area (Å²) in [5, 5.41) is 0. The van der Waals surface area contributed by atoms with Crippen molar-refractivity contribution in [2.45, 2.75) is 37.1 Å². The molecule has 0 aliphatic carbocycles. The van der Waals surface area contributed by atoms with Crippen LogP contribution in [0.3, 0.4) is 0 Å². The first-order valence-corrected chi connectivity index (χ1v) is 10.5. The smallest absolute Gasteiger partial charge is 0.471 e. The molecule has 0 radical (unpaired) electrons. The summed E-state index contributed by atoms with van der Waals surface area (Å²) >= 11 is 0. The number of hydrogen-bond acceptors (Lipinski definition) is 4. The molecule has 0 aromatic heterocycles. The fraction of sp³-hybridized carbons (Fsp3) is 0.350. The molecule has 1 aliphatic heterocycles. The van der Waals surface area contributed by atoms with E-state index in [-0.39, 0.29) is 17.0 Å². The van der Waals surface area contributed by atoms with E-state index in [1.165, 1.54) is 50.4 Å². The zero-order valence-corrected chi connectivity index (χ0v) is 17.4. The molecule has 30 heavy (non-hydrogen) atoms. The lowest BCUT2D eigenvalue weighted by atomic mass is 10.1. The maximum atomic E-state index is 13.3. The Morgan fingerprint density at radius 1 is 1.07 bits per heavy atom. The molecular formula is C20H21F3N2O4S. The molecule has 0 N–H and O–H groups in total. The fourth-order valence-electron chi connectivity index (χ4n) is 3.46. The molecule has 3 rings (SSSR count). The topological polar surface area (TPSA) is 66.9 Å². The Morgan fingerprint density at radius 2 is 1.63 bits per heavy atom. The van der Waals surface area contributed by atoms with Crippen LogP contribution in [0.5, 0.6) is 5.75 Å². The van der Waals surface area contributed by atoms with Crippen LogP contribution in [0.25, 0.3) is 0 Å². The van der Waals surface area contributed by atoms with Gasteiger partial charge in [-0.2, -0.15) is 17.5 Å². The number of aryl methyl sites for hydroxylation is 1. The fourth-order valence-corrected chi connectivity index (χ4v) is 5.11. The minimum Gasteiger partial charge on any atom is -0.497 e. The Balaban J connectivity index is 2.12. The second-order valence-corrected chi connectivity index (χ2v) is 8.98. The van der Waals surface area contributed by atoms with Gasteiger partial charge in [-0.05, 0) is 43.7 Å². The Kier molecular flexibility index (Phi) is 5.83. The average Bonchev–Trinajstić information content (AvgIpc) is 3.04. The summed E-state index contributed by atoms with van der Waals surface area (Å²) in [6, 6.07) is 10.9. The van der Waals surface area contributed by atoms with Crippen LogP contribution in [0.15, 0.2) is 53.4 Å². The van der Waals surface area contributed by atoms with Gasteiger partial charge in [0, 0.05) is 12.6 Å².